The number of aliphatic carboxylic acids is 1. The maximum Gasteiger partial charge on any atom is 0.483 e. The predicted molar refractivity (Wildman–Crippen MR) is 59.1 cm³/mol. The summed E-state index contributed by atoms with van der Waals surface area (Å²) in [6, 6.07) is 0. The van der Waals surface area contributed by atoms with Gasteiger partial charge in [0.2, 0.25) is 0 Å². The third-order valence-electron chi connectivity index (χ3n) is 0.760. The lowest BCUT2D eigenvalue weighted by molar-refractivity contribution is -0.134. The zero-order valence-electron chi connectivity index (χ0n) is 9.43. The molecular formula is C8H16BNO6. The second kappa shape index (κ2) is 13.3. The maximum atomic E-state index is 9.72. The van der Waals surface area contributed by atoms with Crippen LogP contribution in [0.15, 0.2) is 12.1 Å². The lowest BCUT2D eigenvalue weighted by atomic mass is 9.82. The quantitative estimate of drug-likeness (QED) is 0.288. The van der Waals surface area contributed by atoms with Crippen LogP contribution in [0.4, 0.5) is 0 Å². The maximum absolute atomic E-state index is 9.72. The van der Waals surface area contributed by atoms with Crippen LogP contribution >= 0.6 is 0 Å². The summed E-state index contributed by atoms with van der Waals surface area (Å²) < 4.78 is 4.02. The Labute approximate surface area is 94.0 Å². The number of methoxy groups -OCH3 is 1. The highest BCUT2D eigenvalue weighted by molar-refractivity contribution is 6.50. The number of rotatable bonds is 2. The van der Waals surface area contributed by atoms with Gasteiger partial charge in [-0.15, -0.1) is 6.58 Å². The van der Waals surface area contributed by atoms with Crippen molar-refractivity contribution in [2.45, 2.75) is 13.8 Å². The van der Waals surface area contributed by atoms with Gasteiger partial charge in [0, 0.05) is 6.92 Å². The molecule has 0 saturated carbocycles. The highest BCUT2D eigenvalue weighted by Gasteiger charge is 2.03. The molecule has 0 atom stereocenters. The second-order valence-electron chi connectivity index (χ2n) is 2.41. The molecule has 0 unspecified atom stereocenters. The van der Waals surface area contributed by atoms with Crippen molar-refractivity contribution in [3.63, 3.8) is 0 Å². The summed E-state index contributed by atoms with van der Waals surface area (Å²) in [5.41, 5.74) is 0.370. The highest BCUT2D eigenvalue weighted by atomic mass is 16.5. The first-order valence-electron chi connectivity index (χ1n) is 3.98. The van der Waals surface area contributed by atoms with Crippen LogP contribution in [0, 0.1) is 5.41 Å². The summed E-state index contributed by atoms with van der Waals surface area (Å²) >= 11 is 0. The minimum atomic E-state index is -1.34. The first-order valence-corrected chi connectivity index (χ1v) is 3.98. The number of carboxylic acids is 1. The molecule has 0 bridgehead atoms. The lowest BCUT2D eigenvalue weighted by Gasteiger charge is -1.88. The summed E-state index contributed by atoms with van der Waals surface area (Å²) in [4.78, 5) is 18.7. The molecule has 0 aliphatic rings. The lowest BCUT2D eigenvalue weighted by Crippen LogP contribution is -2.11. The van der Waals surface area contributed by atoms with Gasteiger partial charge in [-0.05, 0) is 6.92 Å². The fourth-order valence-electron chi connectivity index (χ4n) is 0.0589. The third kappa shape index (κ3) is 39.5. The standard InChI is InChI=1S/C3H7BO2.C3H5NO2.C2H4O2/c1-3(2)4(5)6;1-6-3(5)2-4;1-2(3)4/h5-6H,1H2,2H3;2,4H,1H3;1H3,(H,3,4). The van der Waals surface area contributed by atoms with E-state index in [9.17, 15) is 4.79 Å². The van der Waals surface area contributed by atoms with E-state index < -0.39 is 19.1 Å². The molecule has 92 valence electrons. The van der Waals surface area contributed by atoms with Crippen LogP contribution in [0.1, 0.15) is 13.8 Å². The van der Waals surface area contributed by atoms with Crippen molar-refractivity contribution in [1.29, 1.82) is 5.41 Å². The Hall–Kier alpha value is -1.67. The van der Waals surface area contributed by atoms with Gasteiger partial charge in [-0.3, -0.25) is 4.79 Å². The Bertz CT molecular complexity index is 237. The van der Waals surface area contributed by atoms with Crippen LogP contribution in [0.3, 0.4) is 0 Å². The average molecular weight is 233 g/mol. The third-order valence-corrected chi connectivity index (χ3v) is 0.760. The molecule has 0 aliphatic heterocycles. The van der Waals surface area contributed by atoms with Crippen molar-refractivity contribution in [2.75, 3.05) is 7.11 Å². The van der Waals surface area contributed by atoms with Crippen molar-refractivity contribution >= 4 is 25.3 Å². The Kier molecular flexibility index (Phi) is 16.5. The summed E-state index contributed by atoms with van der Waals surface area (Å²) in [7, 11) is -0.113. The van der Waals surface area contributed by atoms with Gasteiger partial charge in [0.1, 0.15) is 6.21 Å². The molecule has 0 rings (SSSR count). The number of hydrogen-bond donors (Lipinski definition) is 4. The van der Waals surface area contributed by atoms with E-state index >= 15 is 0 Å². The minimum Gasteiger partial charge on any atom is -0.481 e. The number of esters is 1. The van der Waals surface area contributed by atoms with Gasteiger partial charge in [-0.1, -0.05) is 5.47 Å². The van der Waals surface area contributed by atoms with Crippen molar-refractivity contribution in [1.82, 2.24) is 0 Å². The minimum absolute atomic E-state index is 0.370. The largest absolute Gasteiger partial charge is 0.483 e. The molecule has 0 saturated heterocycles. The molecular weight excluding hydrogens is 217 g/mol. The van der Waals surface area contributed by atoms with Gasteiger partial charge in [0.15, 0.2) is 0 Å². The van der Waals surface area contributed by atoms with Crippen LogP contribution in [0.2, 0.25) is 0 Å². The van der Waals surface area contributed by atoms with E-state index in [1.807, 2.05) is 0 Å². The number of carbonyl (C=O) groups is 2. The molecule has 0 fully saturated rings. The van der Waals surface area contributed by atoms with Gasteiger partial charge < -0.3 is 25.3 Å². The van der Waals surface area contributed by atoms with E-state index in [2.05, 4.69) is 11.3 Å². The summed E-state index contributed by atoms with van der Waals surface area (Å²) in [6.07, 6.45) is 0.611. The van der Waals surface area contributed by atoms with E-state index in [4.69, 9.17) is 25.4 Å². The van der Waals surface area contributed by atoms with Crippen molar-refractivity contribution < 1.29 is 29.5 Å². The van der Waals surface area contributed by atoms with Crippen molar-refractivity contribution in [3.8, 4) is 0 Å². The molecule has 7 nitrogen and oxygen atoms in total. The van der Waals surface area contributed by atoms with E-state index in [-0.39, 0.29) is 0 Å². The average Bonchev–Trinajstić information content (AvgIpc) is 2.16. The van der Waals surface area contributed by atoms with Gasteiger partial charge in [0.05, 0.1) is 7.11 Å². The molecule has 0 aromatic carbocycles. The zero-order chi connectivity index (χ0) is 13.7. The normalized spacial score (nSPS) is 7.06. The first-order chi connectivity index (χ1) is 7.18. The van der Waals surface area contributed by atoms with Crippen molar-refractivity contribution in [2.24, 2.45) is 0 Å². The Balaban J connectivity index is -0.000000162. The number of hydrogen-bond acceptors (Lipinski definition) is 6. The fraction of sp³-hybridized carbons (Fsp3) is 0.375. The van der Waals surface area contributed by atoms with Crippen LogP contribution in [0.25, 0.3) is 0 Å². The van der Waals surface area contributed by atoms with Crippen molar-refractivity contribution in [3.05, 3.63) is 12.1 Å². The molecule has 0 aliphatic carbocycles. The highest BCUT2D eigenvalue weighted by Crippen LogP contribution is 1.83. The molecule has 0 aromatic rings. The summed E-state index contributed by atoms with van der Waals surface area (Å²) in [5.74, 6) is -1.45. The molecule has 4 N–H and O–H groups in total. The molecule has 8 heteroatoms. The SMILES string of the molecule is C=C(C)B(O)O.CC(=O)O.COC(=O)C=N. The topological polar surface area (TPSA) is 128 Å². The Morgan fingerprint density at radius 1 is 1.38 bits per heavy atom. The Morgan fingerprint density at radius 3 is 1.62 bits per heavy atom. The molecule has 0 radical (unpaired) electrons. The number of allylic oxidation sites excluding steroid dienone is 1. The van der Waals surface area contributed by atoms with Gasteiger partial charge in [-0.25, -0.2) is 4.79 Å². The van der Waals surface area contributed by atoms with Crippen LogP contribution in [-0.4, -0.2) is 47.5 Å². The predicted octanol–water partition coefficient (Wildman–Crippen LogP) is -0.526. The van der Waals surface area contributed by atoms with E-state index in [0.717, 1.165) is 6.92 Å². The summed E-state index contributed by atoms with van der Waals surface area (Å²) in [5, 5.41) is 29.8. The van der Waals surface area contributed by atoms with Gasteiger partial charge >= 0.3 is 13.1 Å². The van der Waals surface area contributed by atoms with Crippen LogP contribution < -0.4 is 0 Å². The summed E-state index contributed by atoms with van der Waals surface area (Å²) in [6.45, 7) is 5.88. The molecule has 16 heavy (non-hydrogen) atoms. The Morgan fingerprint density at radius 2 is 1.62 bits per heavy atom. The first kappa shape index (κ1) is 19.8. The molecule has 0 heterocycles. The number of carbonyl (C=O) groups excluding carboxylic acids is 1. The monoisotopic (exact) mass is 233 g/mol. The van der Waals surface area contributed by atoms with Gasteiger partial charge in [-0.2, -0.15) is 0 Å². The number of carboxylic acid groups (broad SMARTS) is 1. The smallest absolute Gasteiger partial charge is 0.481 e. The van der Waals surface area contributed by atoms with Crippen LogP contribution in [0.5, 0.6) is 0 Å². The zero-order valence-corrected chi connectivity index (χ0v) is 9.43. The van der Waals surface area contributed by atoms with Gasteiger partial charge in [0.25, 0.3) is 5.97 Å². The van der Waals surface area contributed by atoms with E-state index in [1.165, 1.54) is 7.11 Å². The van der Waals surface area contributed by atoms with Crippen LogP contribution in [-0.2, 0) is 14.3 Å². The fourth-order valence-corrected chi connectivity index (χ4v) is 0.0589. The molecule has 0 spiro atoms. The van der Waals surface area contributed by atoms with E-state index in [0.29, 0.717) is 11.7 Å². The second-order valence-corrected chi connectivity index (χ2v) is 2.41. The molecule has 0 amide bonds. The molecule has 0 aromatic heterocycles. The number of ether oxygens (including phenoxy) is 1. The van der Waals surface area contributed by atoms with E-state index in [1.54, 1.807) is 6.92 Å². The number of nitrogens with one attached hydrogen (secondary N) is 1.